The summed E-state index contributed by atoms with van der Waals surface area (Å²) in [6, 6.07) is 3.28. The van der Waals surface area contributed by atoms with Crippen molar-refractivity contribution in [2.75, 3.05) is 5.32 Å². The third-order valence-electron chi connectivity index (χ3n) is 2.74. The lowest BCUT2D eigenvalue weighted by Gasteiger charge is -2.11. The number of nitrogens with zero attached hydrogens (tertiary/aromatic N) is 2. The Morgan fingerprint density at radius 2 is 1.76 bits per heavy atom. The van der Waals surface area contributed by atoms with Gasteiger partial charge in [-0.25, -0.2) is 23.1 Å². The largest absolute Gasteiger partial charge is 0.374 e. The molecule has 2 rings (SSSR count). The molecular formula is C14H14F3N3O. The molecule has 0 aliphatic rings. The summed E-state index contributed by atoms with van der Waals surface area (Å²) in [4.78, 5) is 8.22. The van der Waals surface area contributed by atoms with Crippen LogP contribution >= 0.6 is 0 Å². The average molecular weight is 297 g/mol. The van der Waals surface area contributed by atoms with Gasteiger partial charge in [-0.3, -0.25) is 0 Å². The number of aryl methyl sites for hydroxylation is 1. The second-order valence-electron chi connectivity index (χ2n) is 4.50. The highest BCUT2D eigenvalue weighted by molar-refractivity contribution is 5.58. The third kappa shape index (κ3) is 3.49. The molecule has 7 heteroatoms. The molecule has 112 valence electrons. The Hall–Kier alpha value is -2.15. The second kappa shape index (κ2) is 6.09. The van der Waals surface area contributed by atoms with E-state index in [1.807, 2.05) is 6.92 Å². The van der Waals surface area contributed by atoms with Crippen LogP contribution in [-0.2, 0) is 6.42 Å². The third-order valence-corrected chi connectivity index (χ3v) is 2.74. The molecule has 1 aromatic carbocycles. The van der Waals surface area contributed by atoms with Gasteiger partial charge in [0.05, 0.1) is 0 Å². The zero-order chi connectivity index (χ0) is 15.6. The van der Waals surface area contributed by atoms with E-state index in [0.717, 1.165) is 12.1 Å². The predicted molar refractivity (Wildman–Crippen MR) is 72.0 cm³/mol. The quantitative estimate of drug-likeness (QED) is 0.673. The SMILES string of the molecule is CCc1cc(NC(C)O)nc(-c2cc(F)c(F)c(F)c2)n1. The minimum atomic E-state index is -1.53. The summed E-state index contributed by atoms with van der Waals surface area (Å²) in [6.45, 7) is 3.36. The molecule has 1 atom stereocenters. The van der Waals surface area contributed by atoms with Gasteiger partial charge < -0.3 is 10.4 Å². The molecule has 1 unspecified atom stereocenters. The molecule has 21 heavy (non-hydrogen) atoms. The first-order valence-corrected chi connectivity index (χ1v) is 6.38. The molecule has 1 aromatic heterocycles. The number of benzene rings is 1. The standard InChI is InChI=1S/C14H14F3N3O/c1-3-9-6-12(18-7(2)21)20-14(19-9)8-4-10(15)13(17)11(16)5-8/h4-7,21H,3H2,1-2H3,(H,18,19,20). The van der Waals surface area contributed by atoms with Crippen molar-refractivity contribution in [2.24, 2.45) is 0 Å². The fraction of sp³-hybridized carbons (Fsp3) is 0.286. The molecule has 0 aliphatic carbocycles. The minimum Gasteiger partial charge on any atom is -0.374 e. The molecule has 0 fully saturated rings. The first-order valence-electron chi connectivity index (χ1n) is 6.38. The van der Waals surface area contributed by atoms with Gasteiger partial charge in [-0.1, -0.05) is 6.92 Å². The molecule has 0 aliphatic heterocycles. The highest BCUT2D eigenvalue weighted by atomic mass is 19.2. The van der Waals surface area contributed by atoms with Crippen LogP contribution in [0.2, 0.25) is 0 Å². The van der Waals surface area contributed by atoms with Gasteiger partial charge in [0, 0.05) is 17.3 Å². The van der Waals surface area contributed by atoms with E-state index in [1.54, 1.807) is 6.07 Å². The molecule has 0 saturated carbocycles. The Morgan fingerprint density at radius 3 is 2.29 bits per heavy atom. The lowest BCUT2D eigenvalue weighted by Crippen LogP contribution is -2.15. The highest BCUT2D eigenvalue weighted by Crippen LogP contribution is 2.23. The molecule has 0 saturated heterocycles. The van der Waals surface area contributed by atoms with E-state index in [2.05, 4.69) is 15.3 Å². The number of hydrogen-bond acceptors (Lipinski definition) is 4. The molecular weight excluding hydrogens is 283 g/mol. The van der Waals surface area contributed by atoms with Gasteiger partial charge in [0.1, 0.15) is 12.0 Å². The maximum atomic E-state index is 13.3. The first-order chi connectivity index (χ1) is 9.90. The van der Waals surface area contributed by atoms with Crippen molar-refractivity contribution in [2.45, 2.75) is 26.5 Å². The lowest BCUT2D eigenvalue weighted by atomic mass is 10.2. The number of halogens is 3. The molecule has 2 aromatic rings. The van der Waals surface area contributed by atoms with Crippen molar-refractivity contribution >= 4 is 5.82 Å². The lowest BCUT2D eigenvalue weighted by molar-refractivity contribution is 0.224. The Morgan fingerprint density at radius 1 is 1.14 bits per heavy atom. The molecule has 0 bridgehead atoms. The van der Waals surface area contributed by atoms with Gasteiger partial charge in [0.2, 0.25) is 0 Å². The van der Waals surface area contributed by atoms with Gasteiger partial charge in [-0.05, 0) is 25.5 Å². The van der Waals surface area contributed by atoms with Crippen LogP contribution in [0, 0.1) is 17.5 Å². The normalized spacial score (nSPS) is 12.3. The Kier molecular flexibility index (Phi) is 4.42. The Labute approximate surface area is 119 Å². The molecule has 2 N–H and O–H groups in total. The van der Waals surface area contributed by atoms with Crippen molar-refractivity contribution in [1.82, 2.24) is 9.97 Å². The van der Waals surface area contributed by atoms with Gasteiger partial charge >= 0.3 is 0 Å². The zero-order valence-corrected chi connectivity index (χ0v) is 11.5. The summed E-state index contributed by atoms with van der Waals surface area (Å²) in [5.74, 6) is -3.78. The van der Waals surface area contributed by atoms with Crippen molar-refractivity contribution in [3.05, 3.63) is 41.3 Å². The topological polar surface area (TPSA) is 58.0 Å². The number of aromatic nitrogens is 2. The fourth-order valence-electron chi connectivity index (χ4n) is 1.78. The Bertz CT molecular complexity index is 639. The minimum absolute atomic E-state index is 0.0235. The summed E-state index contributed by atoms with van der Waals surface area (Å²) < 4.78 is 39.6. The number of rotatable bonds is 4. The van der Waals surface area contributed by atoms with Crippen molar-refractivity contribution in [3.8, 4) is 11.4 Å². The van der Waals surface area contributed by atoms with Crippen molar-refractivity contribution in [3.63, 3.8) is 0 Å². The van der Waals surface area contributed by atoms with Gasteiger partial charge in [0.25, 0.3) is 0 Å². The number of nitrogens with one attached hydrogen (secondary N) is 1. The van der Waals surface area contributed by atoms with E-state index in [-0.39, 0.29) is 11.4 Å². The molecule has 0 radical (unpaired) electrons. The van der Waals surface area contributed by atoms with Gasteiger partial charge in [-0.2, -0.15) is 0 Å². The molecule has 1 heterocycles. The smallest absolute Gasteiger partial charge is 0.194 e. The fourth-order valence-corrected chi connectivity index (χ4v) is 1.78. The van der Waals surface area contributed by atoms with E-state index in [0.29, 0.717) is 17.9 Å². The summed E-state index contributed by atoms with van der Waals surface area (Å²) in [5.41, 5.74) is 0.642. The maximum absolute atomic E-state index is 13.3. The summed E-state index contributed by atoms with van der Waals surface area (Å²) in [7, 11) is 0. The number of anilines is 1. The van der Waals surface area contributed by atoms with Crippen LogP contribution in [-0.4, -0.2) is 21.3 Å². The molecule has 0 spiro atoms. The number of aliphatic hydroxyl groups excluding tert-OH is 1. The Balaban J connectivity index is 2.52. The van der Waals surface area contributed by atoms with Crippen LogP contribution in [0.25, 0.3) is 11.4 Å². The zero-order valence-electron chi connectivity index (χ0n) is 11.5. The summed E-state index contributed by atoms with van der Waals surface area (Å²) in [6.07, 6.45) is -0.282. The van der Waals surface area contributed by atoms with Crippen LogP contribution in [0.1, 0.15) is 19.5 Å². The first kappa shape index (κ1) is 15.2. The van der Waals surface area contributed by atoms with Crippen LogP contribution in [0.4, 0.5) is 19.0 Å². The van der Waals surface area contributed by atoms with Crippen LogP contribution < -0.4 is 5.32 Å². The second-order valence-corrected chi connectivity index (χ2v) is 4.50. The number of hydrogen-bond donors (Lipinski definition) is 2. The van der Waals surface area contributed by atoms with E-state index in [1.165, 1.54) is 6.92 Å². The van der Waals surface area contributed by atoms with Crippen molar-refractivity contribution < 1.29 is 18.3 Å². The number of aliphatic hydroxyl groups is 1. The van der Waals surface area contributed by atoms with Gasteiger partial charge in [0.15, 0.2) is 23.3 Å². The average Bonchev–Trinajstić information content (AvgIpc) is 2.43. The summed E-state index contributed by atoms with van der Waals surface area (Å²) >= 11 is 0. The highest BCUT2D eigenvalue weighted by Gasteiger charge is 2.14. The maximum Gasteiger partial charge on any atom is 0.194 e. The van der Waals surface area contributed by atoms with E-state index < -0.39 is 23.7 Å². The van der Waals surface area contributed by atoms with E-state index in [4.69, 9.17) is 0 Å². The van der Waals surface area contributed by atoms with E-state index >= 15 is 0 Å². The van der Waals surface area contributed by atoms with Crippen LogP contribution in [0.3, 0.4) is 0 Å². The summed E-state index contributed by atoms with van der Waals surface area (Å²) in [5, 5.41) is 12.0. The monoisotopic (exact) mass is 297 g/mol. The van der Waals surface area contributed by atoms with Crippen LogP contribution in [0.15, 0.2) is 18.2 Å². The predicted octanol–water partition coefficient (Wildman–Crippen LogP) is 2.87. The van der Waals surface area contributed by atoms with E-state index in [9.17, 15) is 18.3 Å². The van der Waals surface area contributed by atoms with Crippen LogP contribution in [0.5, 0.6) is 0 Å². The van der Waals surface area contributed by atoms with Gasteiger partial charge in [-0.15, -0.1) is 0 Å². The molecule has 4 nitrogen and oxygen atoms in total. The molecule has 0 amide bonds. The van der Waals surface area contributed by atoms with Crippen molar-refractivity contribution in [1.29, 1.82) is 0 Å².